The summed E-state index contributed by atoms with van der Waals surface area (Å²) in [5.74, 6) is -2.82. The molecule has 2 aromatic carbocycles. The molecule has 0 saturated heterocycles. The van der Waals surface area contributed by atoms with E-state index in [2.05, 4.69) is 5.32 Å². The minimum atomic E-state index is -4.05. The molecule has 0 aliphatic heterocycles. The van der Waals surface area contributed by atoms with Crippen LogP contribution in [0, 0.1) is 11.6 Å². The lowest BCUT2D eigenvalue weighted by Crippen LogP contribution is -2.53. The maximum Gasteiger partial charge on any atom is 0.244 e. The third-order valence-corrected chi connectivity index (χ3v) is 6.91. The summed E-state index contributed by atoms with van der Waals surface area (Å²) in [6, 6.07) is 8.46. The molecule has 0 aromatic heterocycles. The molecule has 0 radical (unpaired) electrons. The van der Waals surface area contributed by atoms with Crippen LogP contribution in [0.3, 0.4) is 0 Å². The molecule has 0 spiro atoms. The number of carbonyl (C=O) groups excluding carboxylic acids is 2. The predicted octanol–water partition coefficient (Wildman–Crippen LogP) is 3.46. The number of hydrogen-bond donors (Lipinski definition) is 1. The number of hydrogen-bond acceptors (Lipinski definition) is 5. The molecule has 198 valence electrons. The van der Waals surface area contributed by atoms with Gasteiger partial charge in [0.2, 0.25) is 21.8 Å². The Balaban J connectivity index is 2.45. The van der Waals surface area contributed by atoms with Crippen LogP contribution in [0.15, 0.2) is 42.5 Å². The molecule has 0 fully saturated rings. The number of nitrogens with zero attached hydrogens (tertiary/aromatic N) is 2. The van der Waals surface area contributed by atoms with Crippen LogP contribution >= 0.6 is 0 Å². The van der Waals surface area contributed by atoms with Crippen LogP contribution in [0.1, 0.15) is 39.2 Å². The van der Waals surface area contributed by atoms with E-state index in [1.54, 1.807) is 31.2 Å². The first-order valence-corrected chi connectivity index (χ1v) is 13.4. The van der Waals surface area contributed by atoms with Crippen LogP contribution in [-0.2, 0) is 26.2 Å². The van der Waals surface area contributed by atoms with Crippen LogP contribution in [0.4, 0.5) is 14.5 Å². The number of anilines is 1. The third kappa shape index (κ3) is 7.64. The Morgan fingerprint density at radius 1 is 1.03 bits per heavy atom. The second kappa shape index (κ2) is 12.7. The fourth-order valence-corrected chi connectivity index (χ4v) is 4.38. The van der Waals surface area contributed by atoms with Crippen LogP contribution in [0.5, 0.6) is 5.75 Å². The first-order valence-electron chi connectivity index (χ1n) is 11.6. The van der Waals surface area contributed by atoms with Crippen LogP contribution in [-0.4, -0.2) is 57.1 Å². The molecule has 0 bridgehead atoms. The fraction of sp³-hybridized carbons (Fsp3) is 0.440. The number of sulfonamides is 1. The summed E-state index contributed by atoms with van der Waals surface area (Å²) in [4.78, 5) is 27.9. The van der Waals surface area contributed by atoms with Gasteiger partial charge in [0.05, 0.1) is 19.1 Å². The number of nitrogens with one attached hydrogen (secondary N) is 1. The Kier molecular flexibility index (Phi) is 10.2. The van der Waals surface area contributed by atoms with Crippen molar-refractivity contribution in [1.29, 1.82) is 0 Å². The standard InChI is InChI=1S/C25H33F2N3O5S/c1-6-17(3)28-25(32)23(7-2)29(15-18-8-11-20(35-4)12-9-18)24(31)16-30(36(5,33)34)19-10-13-21(26)22(27)14-19/h8-14,17,23H,6-7,15-16H2,1-5H3,(H,28,32)/t17-,23+/m0/s1. The smallest absolute Gasteiger partial charge is 0.244 e. The molecule has 0 unspecified atom stereocenters. The minimum Gasteiger partial charge on any atom is -0.497 e. The number of halogens is 2. The molecule has 2 aromatic rings. The highest BCUT2D eigenvalue weighted by atomic mass is 32.2. The topological polar surface area (TPSA) is 96.0 Å². The number of ether oxygens (including phenoxy) is 1. The average molecular weight is 526 g/mol. The summed E-state index contributed by atoms with van der Waals surface area (Å²) < 4.78 is 58.2. The number of amides is 2. The molecular weight excluding hydrogens is 492 g/mol. The predicted molar refractivity (Wildman–Crippen MR) is 134 cm³/mol. The van der Waals surface area contributed by atoms with E-state index in [4.69, 9.17) is 4.74 Å². The summed E-state index contributed by atoms with van der Waals surface area (Å²) in [5.41, 5.74) is 0.490. The lowest BCUT2D eigenvalue weighted by Gasteiger charge is -2.33. The largest absolute Gasteiger partial charge is 0.497 e. The quantitative estimate of drug-likeness (QED) is 0.458. The van der Waals surface area contributed by atoms with Crippen molar-refractivity contribution in [2.24, 2.45) is 0 Å². The highest BCUT2D eigenvalue weighted by Gasteiger charge is 2.32. The summed E-state index contributed by atoms with van der Waals surface area (Å²) in [7, 11) is -2.53. The van der Waals surface area contributed by atoms with Gasteiger partial charge in [0.1, 0.15) is 18.3 Å². The summed E-state index contributed by atoms with van der Waals surface area (Å²) in [6.45, 7) is 4.82. The molecule has 0 heterocycles. The first kappa shape index (κ1) is 29.0. The number of benzene rings is 2. The van der Waals surface area contributed by atoms with Crippen molar-refractivity contribution >= 4 is 27.5 Å². The molecule has 8 nitrogen and oxygen atoms in total. The monoisotopic (exact) mass is 525 g/mol. The van der Waals surface area contributed by atoms with Gasteiger partial charge in [-0.25, -0.2) is 17.2 Å². The maximum atomic E-state index is 13.9. The lowest BCUT2D eigenvalue weighted by molar-refractivity contribution is -0.140. The van der Waals surface area contributed by atoms with Crippen molar-refractivity contribution in [1.82, 2.24) is 10.2 Å². The Labute approximate surface area is 211 Å². The molecule has 2 amide bonds. The summed E-state index contributed by atoms with van der Waals surface area (Å²) in [5, 5.41) is 2.87. The Hall–Kier alpha value is -3.21. The first-order chi connectivity index (χ1) is 16.9. The van der Waals surface area contributed by atoms with Crippen LogP contribution in [0.2, 0.25) is 0 Å². The van der Waals surface area contributed by atoms with Crippen molar-refractivity contribution in [2.75, 3.05) is 24.2 Å². The normalized spacial score (nSPS) is 13.0. The lowest BCUT2D eigenvalue weighted by atomic mass is 10.1. The summed E-state index contributed by atoms with van der Waals surface area (Å²) in [6.07, 6.45) is 1.82. The van der Waals surface area contributed by atoms with Crippen molar-refractivity contribution in [3.63, 3.8) is 0 Å². The summed E-state index contributed by atoms with van der Waals surface area (Å²) >= 11 is 0. The van der Waals surface area contributed by atoms with E-state index < -0.39 is 40.2 Å². The number of carbonyl (C=O) groups is 2. The molecule has 1 N–H and O–H groups in total. The zero-order chi connectivity index (χ0) is 27.0. The van der Waals surface area contributed by atoms with Crippen molar-refractivity contribution < 1.29 is 31.5 Å². The van der Waals surface area contributed by atoms with E-state index in [0.717, 1.165) is 18.4 Å². The van der Waals surface area contributed by atoms with E-state index in [-0.39, 0.29) is 30.6 Å². The highest BCUT2D eigenvalue weighted by Crippen LogP contribution is 2.22. The molecule has 0 aliphatic carbocycles. The second-order valence-corrected chi connectivity index (χ2v) is 10.4. The van der Waals surface area contributed by atoms with Crippen molar-refractivity contribution in [2.45, 2.75) is 52.2 Å². The average Bonchev–Trinajstić information content (AvgIpc) is 2.83. The van der Waals surface area contributed by atoms with Gasteiger partial charge in [0.15, 0.2) is 11.6 Å². The number of rotatable bonds is 12. The molecule has 0 aliphatic rings. The van der Waals surface area contributed by atoms with Crippen LogP contribution in [0.25, 0.3) is 0 Å². The van der Waals surface area contributed by atoms with E-state index in [1.165, 1.54) is 12.0 Å². The molecule has 36 heavy (non-hydrogen) atoms. The maximum absolute atomic E-state index is 13.9. The van der Waals surface area contributed by atoms with E-state index in [0.29, 0.717) is 28.1 Å². The molecule has 0 saturated carbocycles. The van der Waals surface area contributed by atoms with Crippen LogP contribution < -0.4 is 14.4 Å². The highest BCUT2D eigenvalue weighted by molar-refractivity contribution is 7.92. The molecule has 11 heteroatoms. The van der Waals surface area contributed by atoms with Gasteiger partial charge in [-0.15, -0.1) is 0 Å². The van der Waals surface area contributed by atoms with Gasteiger partial charge in [0, 0.05) is 18.7 Å². The van der Waals surface area contributed by atoms with Gasteiger partial charge in [-0.2, -0.15) is 0 Å². The third-order valence-electron chi connectivity index (χ3n) is 5.77. The van der Waals surface area contributed by atoms with Gasteiger partial charge in [-0.1, -0.05) is 26.0 Å². The SMILES string of the molecule is CC[C@H](C(=O)N[C@@H](C)CC)N(Cc1ccc(OC)cc1)C(=O)CN(c1ccc(F)c(F)c1)S(C)(=O)=O. The zero-order valence-corrected chi connectivity index (χ0v) is 21.9. The molecule has 2 atom stereocenters. The second-order valence-electron chi connectivity index (χ2n) is 8.48. The zero-order valence-electron chi connectivity index (χ0n) is 21.1. The van der Waals surface area contributed by atoms with Gasteiger partial charge in [0.25, 0.3) is 0 Å². The van der Waals surface area contributed by atoms with E-state index in [9.17, 15) is 26.8 Å². The Bertz CT molecular complexity index is 1160. The number of methoxy groups -OCH3 is 1. The fourth-order valence-electron chi connectivity index (χ4n) is 3.54. The van der Waals surface area contributed by atoms with Crippen molar-refractivity contribution in [3.05, 3.63) is 59.7 Å². The van der Waals surface area contributed by atoms with Gasteiger partial charge < -0.3 is 15.0 Å². The van der Waals surface area contributed by atoms with Crippen molar-refractivity contribution in [3.8, 4) is 5.75 Å². The van der Waals surface area contributed by atoms with E-state index in [1.807, 2.05) is 13.8 Å². The Morgan fingerprint density at radius 3 is 2.17 bits per heavy atom. The minimum absolute atomic E-state index is 0.0185. The van der Waals surface area contributed by atoms with Gasteiger partial charge >= 0.3 is 0 Å². The van der Waals surface area contributed by atoms with Gasteiger partial charge in [-0.3, -0.25) is 13.9 Å². The Morgan fingerprint density at radius 2 is 1.67 bits per heavy atom. The van der Waals surface area contributed by atoms with E-state index >= 15 is 0 Å². The van der Waals surface area contributed by atoms with Gasteiger partial charge in [-0.05, 0) is 49.6 Å². The molecular formula is C25H33F2N3O5S. The molecule has 2 rings (SSSR count).